The lowest BCUT2D eigenvalue weighted by atomic mass is 10.2. The smallest absolute Gasteiger partial charge is 0.291 e. The van der Waals surface area contributed by atoms with Crippen molar-refractivity contribution in [2.75, 3.05) is 10.6 Å². The van der Waals surface area contributed by atoms with Crippen molar-refractivity contribution in [3.63, 3.8) is 0 Å². The van der Waals surface area contributed by atoms with Crippen LogP contribution in [0.2, 0.25) is 0 Å². The molecule has 0 fully saturated rings. The van der Waals surface area contributed by atoms with Gasteiger partial charge in [-0.3, -0.25) is 9.59 Å². The first-order valence-corrected chi connectivity index (χ1v) is 9.99. The first kappa shape index (κ1) is 18.9. The molecule has 0 saturated heterocycles. The number of aromatic nitrogens is 1. The van der Waals surface area contributed by atoms with E-state index in [2.05, 4.69) is 15.6 Å². The Labute approximate surface area is 171 Å². The van der Waals surface area contributed by atoms with Gasteiger partial charge in [0.15, 0.2) is 16.5 Å². The molecule has 4 aromatic rings. The molecule has 2 aromatic heterocycles. The Bertz CT molecular complexity index is 1140. The Morgan fingerprint density at radius 2 is 1.62 bits per heavy atom. The van der Waals surface area contributed by atoms with Gasteiger partial charge in [-0.15, -0.1) is 11.3 Å². The Kier molecular flexibility index (Phi) is 5.14. The van der Waals surface area contributed by atoms with Crippen molar-refractivity contribution < 1.29 is 14.0 Å². The standard InChI is InChI=1S/C22H19N3O3S/c1-13(2)20(26)23-14-7-9-15(10-8-14)24-21(27)17-11-12-18(28-17)22-25-16-5-3-4-6-19(16)29-22/h3-13H,1-2H3,(H,23,26)(H,24,27). The topological polar surface area (TPSA) is 84.2 Å². The number of para-hydroxylation sites is 1. The maximum Gasteiger partial charge on any atom is 0.291 e. The van der Waals surface area contributed by atoms with E-state index in [1.54, 1.807) is 36.4 Å². The quantitative estimate of drug-likeness (QED) is 0.465. The summed E-state index contributed by atoms with van der Waals surface area (Å²) in [6, 6.07) is 18.2. The fraction of sp³-hybridized carbons (Fsp3) is 0.136. The third kappa shape index (κ3) is 4.20. The van der Waals surface area contributed by atoms with Crippen molar-refractivity contribution in [2.24, 2.45) is 5.92 Å². The predicted molar refractivity (Wildman–Crippen MR) is 115 cm³/mol. The molecular formula is C22H19N3O3S. The van der Waals surface area contributed by atoms with E-state index in [1.807, 2.05) is 38.1 Å². The fourth-order valence-corrected chi connectivity index (χ4v) is 3.60. The zero-order chi connectivity index (χ0) is 20.4. The van der Waals surface area contributed by atoms with Crippen molar-refractivity contribution in [1.82, 2.24) is 4.98 Å². The van der Waals surface area contributed by atoms with Gasteiger partial charge in [-0.05, 0) is 48.5 Å². The number of rotatable bonds is 5. The molecule has 7 heteroatoms. The molecule has 0 aliphatic carbocycles. The third-order valence-corrected chi connectivity index (χ3v) is 5.32. The van der Waals surface area contributed by atoms with E-state index in [0.29, 0.717) is 17.1 Å². The lowest BCUT2D eigenvalue weighted by molar-refractivity contribution is -0.118. The lowest BCUT2D eigenvalue weighted by Crippen LogP contribution is -2.17. The fourth-order valence-electron chi connectivity index (χ4n) is 2.67. The predicted octanol–water partition coefficient (Wildman–Crippen LogP) is 5.40. The van der Waals surface area contributed by atoms with Crippen LogP contribution in [-0.2, 0) is 4.79 Å². The van der Waals surface area contributed by atoms with Gasteiger partial charge in [0.2, 0.25) is 5.91 Å². The van der Waals surface area contributed by atoms with Crippen molar-refractivity contribution in [2.45, 2.75) is 13.8 Å². The summed E-state index contributed by atoms with van der Waals surface area (Å²) >= 11 is 1.52. The van der Waals surface area contributed by atoms with E-state index in [4.69, 9.17) is 4.42 Å². The van der Waals surface area contributed by atoms with Gasteiger partial charge in [0, 0.05) is 17.3 Å². The van der Waals surface area contributed by atoms with Crippen LogP contribution in [0.1, 0.15) is 24.4 Å². The normalized spacial score (nSPS) is 11.0. The maximum atomic E-state index is 12.5. The molecule has 2 aromatic carbocycles. The molecule has 0 saturated carbocycles. The summed E-state index contributed by atoms with van der Waals surface area (Å²) in [5.41, 5.74) is 2.19. The first-order chi connectivity index (χ1) is 14.0. The van der Waals surface area contributed by atoms with Crippen molar-refractivity contribution in [3.8, 4) is 10.8 Å². The summed E-state index contributed by atoms with van der Waals surface area (Å²) in [6.07, 6.45) is 0. The van der Waals surface area contributed by atoms with Gasteiger partial charge in [-0.1, -0.05) is 26.0 Å². The molecule has 0 aliphatic heterocycles. The number of carbonyl (C=O) groups excluding carboxylic acids is 2. The maximum absolute atomic E-state index is 12.5. The Morgan fingerprint density at radius 1 is 0.931 bits per heavy atom. The minimum Gasteiger partial charge on any atom is -0.448 e. The Morgan fingerprint density at radius 3 is 2.31 bits per heavy atom. The van der Waals surface area contributed by atoms with Gasteiger partial charge in [-0.25, -0.2) is 4.98 Å². The van der Waals surface area contributed by atoms with Crippen LogP contribution in [0.4, 0.5) is 11.4 Å². The SMILES string of the molecule is CC(C)C(=O)Nc1ccc(NC(=O)c2ccc(-c3nc4ccccc4s3)o2)cc1. The van der Waals surface area contributed by atoms with Gasteiger partial charge in [0.1, 0.15) is 0 Å². The highest BCUT2D eigenvalue weighted by Gasteiger charge is 2.15. The number of thiazole rings is 1. The minimum absolute atomic E-state index is 0.0558. The summed E-state index contributed by atoms with van der Waals surface area (Å²) in [7, 11) is 0. The number of carbonyl (C=O) groups is 2. The summed E-state index contributed by atoms with van der Waals surface area (Å²) in [6.45, 7) is 3.66. The van der Waals surface area contributed by atoms with Gasteiger partial charge in [-0.2, -0.15) is 0 Å². The molecule has 29 heavy (non-hydrogen) atoms. The molecule has 4 rings (SSSR count). The molecule has 2 N–H and O–H groups in total. The van der Waals surface area contributed by atoms with Gasteiger partial charge < -0.3 is 15.1 Å². The minimum atomic E-state index is -0.351. The molecule has 2 amide bonds. The molecule has 0 aliphatic rings. The van der Waals surface area contributed by atoms with Gasteiger partial charge in [0.25, 0.3) is 5.91 Å². The summed E-state index contributed by atoms with van der Waals surface area (Å²) < 4.78 is 6.78. The van der Waals surface area contributed by atoms with Crippen LogP contribution in [0, 0.1) is 5.92 Å². The number of benzene rings is 2. The highest BCUT2D eigenvalue weighted by molar-refractivity contribution is 7.21. The van der Waals surface area contributed by atoms with Crippen LogP contribution in [0.15, 0.2) is 65.1 Å². The number of amides is 2. The second-order valence-electron chi connectivity index (χ2n) is 6.83. The number of furan rings is 1. The number of fused-ring (bicyclic) bond motifs is 1. The van der Waals surface area contributed by atoms with Crippen LogP contribution in [0.25, 0.3) is 21.0 Å². The van der Waals surface area contributed by atoms with E-state index >= 15 is 0 Å². The van der Waals surface area contributed by atoms with Crippen molar-refractivity contribution >= 4 is 44.7 Å². The first-order valence-electron chi connectivity index (χ1n) is 9.17. The van der Waals surface area contributed by atoms with Gasteiger partial charge >= 0.3 is 0 Å². The molecule has 0 atom stereocenters. The number of anilines is 2. The van der Waals surface area contributed by atoms with Crippen molar-refractivity contribution in [1.29, 1.82) is 0 Å². The highest BCUT2D eigenvalue weighted by atomic mass is 32.1. The molecule has 0 bridgehead atoms. The molecule has 0 unspecified atom stereocenters. The molecule has 2 heterocycles. The number of nitrogens with one attached hydrogen (secondary N) is 2. The Balaban J connectivity index is 1.44. The van der Waals surface area contributed by atoms with E-state index in [1.165, 1.54) is 11.3 Å². The highest BCUT2D eigenvalue weighted by Crippen LogP contribution is 2.31. The number of nitrogens with zero attached hydrogens (tertiary/aromatic N) is 1. The monoisotopic (exact) mass is 405 g/mol. The molecule has 146 valence electrons. The van der Waals surface area contributed by atoms with E-state index in [9.17, 15) is 9.59 Å². The van der Waals surface area contributed by atoms with Crippen LogP contribution in [0.5, 0.6) is 0 Å². The summed E-state index contributed by atoms with van der Waals surface area (Å²) in [5, 5.41) is 6.33. The zero-order valence-corrected chi connectivity index (χ0v) is 16.7. The van der Waals surface area contributed by atoms with Crippen molar-refractivity contribution in [3.05, 3.63) is 66.4 Å². The zero-order valence-electron chi connectivity index (χ0n) is 15.9. The van der Waals surface area contributed by atoms with Crippen LogP contribution < -0.4 is 10.6 Å². The van der Waals surface area contributed by atoms with Crippen LogP contribution >= 0.6 is 11.3 Å². The van der Waals surface area contributed by atoms with Crippen LogP contribution in [-0.4, -0.2) is 16.8 Å². The molecule has 6 nitrogen and oxygen atoms in total. The average molecular weight is 405 g/mol. The lowest BCUT2D eigenvalue weighted by Gasteiger charge is -2.09. The molecule has 0 spiro atoms. The largest absolute Gasteiger partial charge is 0.448 e. The second-order valence-corrected chi connectivity index (χ2v) is 7.86. The third-order valence-electron chi connectivity index (χ3n) is 4.27. The Hall–Kier alpha value is -3.45. The van der Waals surface area contributed by atoms with E-state index in [-0.39, 0.29) is 23.5 Å². The van der Waals surface area contributed by atoms with Crippen LogP contribution in [0.3, 0.4) is 0 Å². The van der Waals surface area contributed by atoms with E-state index in [0.717, 1.165) is 15.2 Å². The summed E-state index contributed by atoms with van der Waals surface area (Å²) in [5.74, 6) is 0.258. The molecule has 0 radical (unpaired) electrons. The van der Waals surface area contributed by atoms with E-state index < -0.39 is 0 Å². The second kappa shape index (κ2) is 7.89. The average Bonchev–Trinajstić information content (AvgIpc) is 3.36. The van der Waals surface area contributed by atoms with Gasteiger partial charge in [0.05, 0.1) is 10.2 Å². The summed E-state index contributed by atoms with van der Waals surface area (Å²) in [4.78, 5) is 28.8. The molecular weight excluding hydrogens is 386 g/mol. The number of hydrogen-bond acceptors (Lipinski definition) is 5. The number of hydrogen-bond donors (Lipinski definition) is 2.